The summed E-state index contributed by atoms with van der Waals surface area (Å²) in [5, 5.41) is 2.28. The van der Waals surface area contributed by atoms with Gasteiger partial charge < -0.3 is 0 Å². The van der Waals surface area contributed by atoms with Crippen molar-refractivity contribution in [1.82, 2.24) is 0 Å². The number of nitrogens with zero attached hydrogens (tertiary/aromatic N) is 2. The first-order chi connectivity index (χ1) is 14.5. The van der Waals surface area contributed by atoms with E-state index in [4.69, 9.17) is 16.4 Å². The Labute approximate surface area is 186 Å². The maximum atomic E-state index is 13.5. The second-order valence-corrected chi connectivity index (χ2v) is 8.55. The summed E-state index contributed by atoms with van der Waals surface area (Å²) in [6.07, 6.45) is -0.891. The molecule has 7 heteroatoms. The Bertz CT molecular complexity index is 1120. The molecule has 150 valence electrons. The number of imide groups is 1. The van der Waals surface area contributed by atoms with E-state index >= 15 is 0 Å². The molecule has 5 rings (SSSR count). The van der Waals surface area contributed by atoms with E-state index in [0.29, 0.717) is 10.7 Å². The molecular weight excluding hydrogens is 468 g/mol. The number of hydrogen-bond donors (Lipinski definition) is 0. The summed E-state index contributed by atoms with van der Waals surface area (Å²) in [7, 11) is 0. The van der Waals surface area contributed by atoms with Crippen molar-refractivity contribution < 1.29 is 14.4 Å². The highest BCUT2D eigenvalue weighted by molar-refractivity contribution is 9.10. The van der Waals surface area contributed by atoms with Gasteiger partial charge in [-0.2, -0.15) is 0 Å². The van der Waals surface area contributed by atoms with Crippen molar-refractivity contribution in [2.24, 2.45) is 5.92 Å². The number of rotatable bonds is 3. The molecule has 3 aromatic rings. The number of para-hydroxylation sites is 1. The minimum absolute atomic E-state index is 0.276. The predicted octanol–water partition coefficient (Wildman–Crippen LogP) is 5.15. The fourth-order valence-electron chi connectivity index (χ4n) is 4.08. The lowest BCUT2D eigenvalue weighted by atomic mass is 9.90. The van der Waals surface area contributed by atoms with Crippen LogP contribution < -0.4 is 9.96 Å². The Kier molecular flexibility index (Phi) is 4.85. The van der Waals surface area contributed by atoms with E-state index in [1.165, 1.54) is 4.90 Å². The first-order valence-electron chi connectivity index (χ1n) is 9.44. The first kappa shape index (κ1) is 19.3. The second kappa shape index (κ2) is 7.54. The van der Waals surface area contributed by atoms with Crippen LogP contribution in [0.15, 0.2) is 83.3 Å². The predicted molar refractivity (Wildman–Crippen MR) is 118 cm³/mol. The van der Waals surface area contributed by atoms with Crippen molar-refractivity contribution in [3.05, 3.63) is 93.9 Å². The molecule has 2 heterocycles. The van der Waals surface area contributed by atoms with Gasteiger partial charge >= 0.3 is 0 Å². The number of halogens is 2. The molecule has 5 nitrogen and oxygen atoms in total. The van der Waals surface area contributed by atoms with Gasteiger partial charge in [-0.15, -0.1) is 0 Å². The number of carbonyl (C=O) groups is 2. The minimum atomic E-state index is -0.891. The zero-order valence-electron chi connectivity index (χ0n) is 15.6. The molecule has 2 aliphatic rings. The van der Waals surface area contributed by atoms with Crippen LogP contribution in [0.2, 0.25) is 5.02 Å². The third-order valence-corrected chi connectivity index (χ3v) is 6.15. The Morgan fingerprint density at radius 1 is 0.833 bits per heavy atom. The van der Waals surface area contributed by atoms with Gasteiger partial charge in [0.15, 0.2) is 6.10 Å². The standard InChI is InChI=1S/C23H16BrClN2O3/c24-15-5-4-8-18(13-15)26-22(28)19-20(14-9-11-16(25)12-10-14)27(30-21(19)23(26)29)17-6-2-1-3-7-17/h1-13,19-21H/t19-,20+,21-/m1/s1. The Morgan fingerprint density at radius 2 is 1.53 bits per heavy atom. The second-order valence-electron chi connectivity index (χ2n) is 7.20. The third kappa shape index (κ3) is 3.12. The molecule has 3 aromatic carbocycles. The quantitative estimate of drug-likeness (QED) is 0.483. The number of amides is 2. The van der Waals surface area contributed by atoms with Crippen molar-refractivity contribution in [2.45, 2.75) is 12.1 Å². The van der Waals surface area contributed by atoms with E-state index in [2.05, 4.69) is 15.9 Å². The van der Waals surface area contributed by atoms with Crippen molar-refractivity contribution in [1.29, 1.82) is 0 Å². The molecule has 0 aromatic heterocycles. The van der Waals surface area contributed by atoms with Gasteiger partial charge in [-0.05, 0) is 48.0 Å². The molecule has 2 saturated heterocycles. The van der Waals surface area contributed by atoms with E-state index in [1.54, 1.807) is 35.4 Å². The van der Waals surface area contributed by atoms with Crippen molar-refractivity contribution in [2.75, 3.05) is 9.96 Å². The molecule has 0 aliphatic carbocycles. The van der Waals surface area contributed by atoms with Gasteiger partial charge in [0.25, 0.3) is 5.91 Å². The highest BCUT2D eigenvalue weighted by Gasteiger charge is 2.60. The molecule has 0 unspecified atom stereocenters. The molecule has 3 atom stereocenters. The number of benzene rings is 3. The highest BCUT2D eigenvalue weighted by atomic mass is 79.9. The van der Waals surface area contributed by atoms with Gasteiger partial charge in [-0.1, -0.05) is 63.9 Å². The SMILES string of the molecule is O=C1[C@H]2[C@@H](ON(c3ccccc3)[C@H]2c2ccc(Cl)cc2)C(=O)N1c1cccc(Br)c1. The maximum Gasteiger partial charge on any atom is 0.266 e. The molecule has 0 radical (unpaired) electrons. The summed E-state index contributed by atoms with van der Waals surface area (Å²) >= 11 is 9.48. The number of anilines is 2. The molecule has 2 amide bonds. The summed E-state index contributed by atoms with van der Waals surface area (Å²) in [4.78, 5) is 34.1. The summed E-state index contributed by atoms with van der Waals surface area (Å²) in [6.45, 7) is 0. The van der Waals surface area contributed by atoms with E-state index in [0.717, 1.165) is 15.7 Å². The fourth-order valence-corrected chi connectivity index (χ4v) is 4.59. The third-order valence-electron chi connectivity index (χ3n) is 5.40. The molecule has 0 N–H and O–H groups in total. The topological polar surface area (TPSA) is 49.9 Å². The van der Waals surface area contributed by atoms with Crippen LogP contribution in [0, 0.1) is 5.92 Å². The largest absolute Gasteiger partial charge is 0.273 e. The van der Waals surface area contributed by atoms with E-state index in [-0.39, 0.29) is 11.8 Å². The van der Waals surface area contributed by atoms with E-state index in [9.17, 15) is 9.59 Å². The van der Waals surface area contributed by atoms with Crippen LogP contribution in [0.1, 0.15) is 11.6 Å². The van der Waals surface area contributed by atoms with Crippen LogP contribution in [0.5, 0.6) is 0 Å². The average molecular weight is 484 g/mol. The van der Waals surface area contributed by atoms with E-state index in [1.807, 2.05) is 48.5 Å². The Morgan fingerprint density at radius 3 is 2.23 bits per heavy atom. The lowest BCUT2D eigenvalue weighted by molar-refractivity contribution is -0.126. The van der Waals surface area contributed by atoms with E-state index < -0.39 is 18.1 Å². The van der Waals surface area contributed by atoms with Gasteiger partial charge in [0.05, 0.1) is 17.4 Å². The fraction of sp³-hybridized carbons (Fsp3) is 0.130. The van der Waals surface area contributed by atoms with Crippen LogP contribution in [-0.4, -0.2) is 17.9 Å². The van der Waals surface area contributed by atoms with Crippen LogP contribution in [-0.2, 0) is 14.4 Å². The van der Waals surface area contributed by atoms with Crippen molar-refractivity contribution in [3.63, 3.8) is 0 Å². The summed E-state index contributed by atoms with van der Waals surface area (Å²) in [5.74, 6) is -1.31. The van der Waals surface area contributed by atoms with Gasteiger partial charge in [0.1, 0.15) is 5.92 Å². The Balaban J connectivity index is 1.59. The monoisotopic (exact) mass is 482 g/mol. The molecule has 0 bridgehead atoms. The first-order valence-corrected chi connectivity index (χ1v) is 10.6. The molecular formula is C23H16BrClN2O3. The van der Waals surface area contributed by atoms with Crippen LogP contribution in [0.3, 0.4) is 0 Å². The van der Waals surface area contributed by atoms with Gasteiger partial charge in [0.2, 0.25) is 5.91 Å². The molecule has 0 saturated carbocycles. The van der Waals surface area contributed by atoms with Gasteiger partial charge in [0, 0.05) is 9.50 Å². The lowest BCUT2D eigenvalue weighted by Crippen LogP contribution is -2.37. The van der Waals surface area contributed by atoms with Gasteiger partial charge in [-0.25, -0.2) is 9.96 Å². The molecule has 2 fully saturated rings. The highest BCUT2D eigenvalue weighted by Crippen LogP contribution is 2.47. The molecule has 0 spiro atoms. The number of carbonyl (C=O) groups excluding carboxylic acids is 2. The van der Waals surface area contributed by atoms with Crippen LogP contribution in [0.4, 0.5) is 11.4 Å². The smallest absolute Gasteiger partial charge is 0.266 e. The summed E-state index contributed by atoms with van der Waals surface area (Å²) in [6, 6.07) is 23.5. The Hall–Kier alpha value is -2.67. The number of fused-ring (bicyclic) bond motifs is 1. The van der Waals surface area contributed by atoms with Crippen molar-refractivity contribution >= 4 is 50.7 Å². The number of hydrogen-bond acceptors (Lipinski definition) is 4. The zero-order valence-corrected chi connectivity index (χ0v) is 18.0. The molecule has 2 aliphatic heterocycles. The summed E-state index contributed by atoms with van der Waals surface area (Å²) < 4.78 is 0.791. The lowest BCUT2D eigenvalue weighted by Gasteiger charge is -2.28. The van der Waals surface area contributed by atoms with Gasteiger partial charge in [-0.3, -0.25) is 14.4 Å². The van der Waals surface area contributed by atoms with Crippen LogP contribution >= 0.6 is 27.5 Å². The normalized spacial score (nSPS) is 23.2. The summed E-state index contributed by atoms with van der Waals surface area (Å²) in [5.41, 5.74) is 2.16. The zero-order chi connectivity index (χ0) is 20.8. The van der Waals surface area contributed by atoms with Crippen molar-refractivity contribution in [3.8, 4) is 0 Å². The minimum Gasteiger partial charge on any atom is -0.273 e. The number of hydroxylamine groups is 1. The average Bonchev–Trinajstić information content (AvgIpc) is 3.26. The van der Waals surface area contributed by atoms with Crippen LogP contribution in [0.25, 0.3) is 0 Å². The molecule has 30 heavy (non-hydrogen) atoms. The maximum absolute atomic E-state index is 13.5.